The molecule has 5 nitrogen and oxygen atoms in total. The first-order valence-corrected chi connectivity index (χ1v) is 6.34. The third-order valence-electron chi connectivity index (χ3n) is 3.15. The molecule has 100 valence electrons. The molecule has 1 saturated heterocycles. The minimum Gasteiger partial charge on any atom is -0.337 e. The first kappa shape index (κ1) is 13.3. The molecule has 2 rings (SSSR count). The third kappa shape index (κ3) is 3.19. The van der Waals surface area contributed by atoms with Gasteiger partial charge in [0, 0.05) is 32.4 Å². The molecule has 0 N–H and O–H groups in total. The van der Waals surface area contributed by atoms with Crippen molar-refractivity contribution in [2.24, 2.45) is 0 Å². The molecule has 0 spiro atoms. The molecule has 1 fully saturated rings. The lowest BCUT2D eigenvalue weighted by molar-refractivity contribution is -0.125. The van der Waals surface area contributed by atoms with E-state index >= 15 is 0 Å². The molecule has 0 aliphatic carbocycles. The largest absolute Gasteiger partial charge is 0.337 e. The zero-order chi connectivity index (χ0) is 13.7. The molecular weight excluding hydrogens is 242 g/mol. The summed E-state index contributed by atoms with van der Waals surface area (Å²) in [6, 6.07) is 5.29. The molecule has 1 aromatic rings. The van der Waals surface area contributed by atoms with Crippen LogP contribution in [0.4, 0.5) is 0 Å². The standard InChI is InChI=1S/C14H17N3O2/c1-2-13(18)16-8-5-9-17(11-10-16)14(19)12-6-3-4-7-15-12/h2-4,6-7H,1,5,8-11H2. The Morgan fingerprint density at radius 1 is 1.16 bits per heavy atom. The molecule has 0 atom stereocenters. The second-order valence-electron chi connectivity index (χ2n) is 4.39. The summed E-state index contributed by atoms with van der Waals surface area (Å²) in [5, 5.41) is 0. The summed E-state index contributed by atoms with van der Waals surface area (Å²) >= 11 is 0. The third-order valence-corrected chi connectivity index (χ3v) is 3.15. The summed E-state index contributed by atoms with van der Waals surface area (Å²) in [6.45, 7) is 5.88. The molecule has 2 amide bonds. The number of rotatable bonds is 2. The Balaban J connectivity index is 2.01. The quantitative estimate of drug-likeness (QED) is 0.743. The monoisotopic (exact) mass is 259 g/mol. The predicted octanol–water partition coefficient (Wildman–Crippen LogP) is 0.942. The van der Waals surface area contributed by atoms with Gasteiger partial charge in [0.05, 0.1) is 0 Å². The first-order valence-electron chi connectivity index (χ1n) is 6.34. The van der Waals surface area contributed by atoms with Crippen molar-refractivity contribution < 1.29 is 9.59 Å². The lowest BCUT2D eigenvalue weighted by Gasteiger charge is -2.21. The normalized spacial score (nSPS) is 15.8. The second-order valence-corrected chi connectivity index (χ2v) is 4.39. The van der Waals surface area contributed by atoms with Crippen LogP contribution in [0.2, 0.25) is 0 Å². The van der Waals surface area contributed by atoms with Crippen molar-refractivity contribution >= 4 is 11.8 Å². The van der Waals surface area contributed by atoms with E-state index in [0.717, 1.165) is 6.42 Å². The maximum Gasteiger partial charge on any atom is 0.272 e. The van der Waals surface area contributed by atoms with E-state index in [9.17, 15) is 9.59 Å². The Bertz CT molecular complexity index is 473. The molecule has 0 unspecified atom stereocenters. The van der Waals surface area contributed by atoms with Crippen LogP contribution in [0.1, 0.15) is 16.9 Å². The maximum absolute atomic E-state index is 12.2. The van der Waals surface area contributed by atoms with Crippen molar-refractivity contribution in [3.05, 3.63) is 42.7 Å². The minimum atomic E-state index is -0.0767. The number of carbonyl (C=O) groups excluding carboxylic acids is 2. The molecule has 1 aliphatic heterocycles. The number of hydrogen-bond donors (Lipinski definition) is 0. The molecule has 0 radical (unpaired) electrons. The van der Waals surface area contributed by atoms with E-state index in [1.165, 1.54) is 6.08 Å². The Hall–Kier alpha value is -2.17. The van der Waals surface area contributed by atoms with Crippen LogP contribution in [0, 0.1) is 0 Å². The summed E-state index contributed by atoms with van der Waals surface area (Å²) < 4.78 is 0. The van der Waals surface area contributed by atoms with Crippen LogP contribution in [-0.4, -0.2) is 52.8 Å². The van der Waals surface area contributed by atoms with Crippen LogP contribution in [0.5, 0.6) is 0 Å². The van der Waals surface area contributed by atoms with Crippen molar-refractivity contribution in [1.82, 2.24) is 14.8 Å². The van der Waals surface area contributed by atoms with E-state index in [4.69, 9.17) is 0 Å². The van der Waals surface area contributed by atoms with Gasteiger partial charge in [-0.25, -0.2) is 0 Å². The van der Waals surface area contributed by atoms with Crippen molar-refractivity contribution in [2.75, 3.05) is 26.2 Å². The van der Waals surface area contributed by atoms with Crippen LogP contribution in [0.3, 0.4) is 0 Å². The molecule has 0 saturated carbocycles. The van der Waals surface area contributed by atoms with Gasteiger partial charge in [-0.1, -0.05) is 12.6 Å². The molecule has 0 aromatic carbocycles. The summed E-state index contributed by atoms with van der Waals surface area (Å²) in [5.41, 5.74) is 0.450. The van der Waals surface area contributed by atoms with Gasteiger partial charge in [0.15, 0.2) is 0 Å². The predicted molar refractivity (Wildman–Crippen MR) is 71.5 cm³/mol. The smallest absolute Gasteiger partial charge is 0.272 e. The van der Waals surface area contributed by atoms with Gasteiger partial charge in [-0.3, -0.25) is 14.6 Å². The van der Waals surface area contributed by atoms with Crippen LogP contribution >= 0.6 is 0 Å². The number of nitrogens with zero attached hydrogens (tertiary/aromatic N) is 3. The van der Waals surface area contributed by atoms with Gasteiger partial charge in [-0.15, -0.1) is 0 Å². The van der Waals surface area contributed by atoms with E-state index < -0.39 is 0 Å². The van der Waals surface area contributed by atoms with Crippen molar-refractivity contribution in [1.29, 1.82) is 0 Å². The highest BCUT2D eigenvalue weighted by Crippen LogP contribution is 2.08. The lowest BCUT2D eigenvalue weighted by Crippen LogP contribution is -2.37. The van der Waals surface area contributed by atoms with Crippen LogP contribution in [0.25, 0.3) is 0 Å². The maximum atomic E-state index is 12.2. The Labute approximate surface area is 112 Å². The van der Waals surface area contributed by atoms with E-state index in [-0.39, 0.29) is 11.8 Å². The van der Waals surface area contributed by atoms with Crippen LogP contribution in [0.15, 0.2) is 37.1 Å². The van der Waals surface area contributed by atoms with Crippen LogP contribution < -0.4 is 0 Å². The Morgan fingerprint density at radius 3 is 2.58 bits per heavy atom. The van der Waals surface area contributed by atoms with Gasteiger partial charge in [0.25, 0.3) is 5.91 Å². The molecule has 19 heavy (non-hydrogen) atoms. The van der Waals surface area contributed by atoms with E-state index in [2.05, 4.69) is 11.6 Å². The van der Waals surface area contributed by atoms with Crippen molar-refractivity contribution in [2.45, 2.75) is 6.42 Å². The molecule has 5 heteroatoms. The average molecular weight is 259 g/mol. The average Bonchev–Trinajstić information content (AvgIpc) is 2.72. The minimum absolute atomic E-state index is 0.0755. The zero-order valence-electron chi connectivity index (χ0n) is 10.8. The summed E-state index contributed by atoms with van der Waals surface area (Å²) in [5.74, 6) is -0.152. The van der Waals surface area contributed by atoms with Gasteiger partial charge < -0.3 is 9.80 Å². The van der Waals surface area contributed by atoms with Gasteiger partial charge in [-0.05, 0) is 24.6 Å². The SMILES string of the molecule is C=CC(=O)N1CCCN(C(=O)c2ccccn2)CC1. The molecule has 1 aromatic heterocycles. The summed E-state index contributed by atoms with van der Waals surface area (Å²) in [7, 11) is 0. The highest BCUT2D eigenvalue weighted by molar-refractivity contribution is 5.92. The summed E-state index contributed by atoms with van der Waals surface area (Å²) in [6.07, 6.45) is 3.70. The number of carbonyl (C=O) groups is 2. The van der Waals surface area contributed by atoms with Crippen LogP contribution in [-0.2, 0) is 4.79 Å². The Morgan fingerprint density at radius 2 is 1.89 bits per heavy atom. The first-order chi connectivity index (χ1) is 9.22. The number of hydrogen-bond acceptors (Lipinski definition) is 3. The fourth-order valence-corrected chi connectivity index (χ4v) is 2.12. The zero-order valence-corrected chi connectivity index (χ0v) is 10.8. The molecule has 1 aliphatic rings. The molecule has 2 heterocycles. The summed E-state index contributed by atoms with van der Waals surface area (Å²) in [4.78, 5) is 31.3. The highest BCUT2D eigenvalue weighted by Gasteiger charge is 2.22. The number of amides is 2. The Kier molecular flexibility index (Phi) is 4.28. The van der Waals surface area contributed by atoms with E-state index in [1.54, 1.807) is 34.2 Å². The van der Waals surface area contributed by atoms with Crippen molar-refractivity contribution in [3.63, 3.8) is 0 Å². The number of pyridine rings is 1. The van der Waals surface area contributed by atoms with Gasteiger partial charge in [0.2, 0.25) is 5.91 Å². The fraction of sp³-hybridized carbons (Fsp3) is 0.357. The van der Waals surface area contributed by atoms with E-state index in [1.807, 2.05) is 0 Å². The number of aromatic nitrogens is 1. The topological polar surface area (TPSA) is 53.5 Å². The van der Waals surface area contributed by atoms with Crippen molar-refractivity contribution in [3.8, 4) is 0 Å². The van der Waals surface area contributed by atoms with E-state index in [0.29, 0.717) is 31.9 Å². The lowest BCUT2D eigenvalue weighted by atomic mass is 10.3. The second kappa shape index (κ2) is 6.13. The fourth-order valence-electron chi connectivity index (χ4n) is 2.12. The highest BCUT2D eigenvalue weighted by atomic mass is 16.2. The molecule has 0 bridgehead atoms. The van der Waals surface area contributed by atoms with Gasteiger partial charge >= 0.3 is 0 Å². The molecular formula is C14H17N3O2. The van der Waals surface area contributed by atoms with Gasteiger partial charge in [0.1, 0.15) is 5.69 Å². The van der Waals surface area contributed by atoms with Gasteiger partial charge in [-0.2, -0.15) is 0 Å².